The third-order valence-corrected chi connectivity index (χ3v) is 12.2. The van der Waals surface area contributed by atoms with E-state index >= 15 is 0 Å². The number of rotatable bonds is 6. The van der Waals surface area contributed by atoms with Crippen LogP contribution in [-0.2, 0) is 5.41 Å². The lowest BCUT2D eigenvalue weighted by Gasteiger charge is -2.27. The van der Waals surface area contributed by atoms with Gasteiger partial charge in [0.25, 0.3) is 0 Å². The molecule has 1 aromatic heterocycles. The summed E-state index contributed by atoms with van der Waals surface area (Å²) in [5.41, 5.74) is 17.1. The summed E-state index contributed by atoms with van der Waals surface area (Å²) in [4.78, 5) is 2.41. The zero-order valence-electron chi connectivity index (χ0n) is 32.0. The molecule has 11 rings (SSSR count). The topological polar surface area (TPSA) is 8.17 Å². The molecule has 2 nitrogen and oxygen atoms in total. The van der Waals surface area contributed by atoms with Gasteiger partial charge in [0.1, 0.15) is 0 Å². The highest BCUT2D eigenvalue weighted by molar-refractivity contribution is 6.11. The van der Waals surface area contributed by atoms with E-state index in [2.05, 4.69) is 230 Å². The standard InChI is InChI=1S/C55H40N2/c1-55(2)49-21-11-8-18-45(49)48-36-43(33-34-50(48)55)56(41-29-24-38(25-30-41)37-14-4-3-5-15-37)42-31-26-40(27-32-42)54-44-17-7-6-16-39(44)28-35-53(54)57-51-22-12-9-19-46(51)47-20-10-13-23-52(47)57/h3-36H,1-2H3. The fraction of sp³-hybridized carbons (Fsp3) is 0.0545. The van der Waals surface area contributed by atoms with Crippen LogP contribution in [0.3, 0.4) is 0 Å². The van der Waals surface area contributed by atoms with Crippen LogP contribution in [0, 0.1) is 0 Å². The van der Waals surface area contributed by atoms with Crippen molar-refractivity contribution in [3.63, 3.8) is 0 Å². The van der Waals surface area contributed by atoms with Crippen molar-refractivity contribution in [1.29, 1.82) is 0 Å². The number of benzene rings is 9. The Balaban J connectivity index is 1.09. The summed E-state index contributed by atoms with van der Waals surface area (Å²) in [5.74, 6) is 0. The first-order valence-electron chi connectivity index (χ1n) is 19.9. The Labute approximate surface area is 333 Å². The van der Waals surface area contributed by atoms with Gasteiger partial charge in [-0.25, -0.2) is 0 Å². The first-order chi connectivity index (χ1) is 28.0. The highest BCUT2D eigenvalue weighted by atomic mass is 15.1. The molecular formula is C55H40N2. The van der Waals surface area contributed by atoms with Crippen LogP contribution in [0.25, 0.3) is 71.6 Å². The summed E-state index contributed by atoms with van der Waals surface area (Å²) >= 11 is 0. The van der Waals surface area contributed by atoms with E-state index < -0.39 is 0 Å². The van der Waals surface area contributed by atoms with E-state index in [1.807, 2.05) is 0 Å². The molecule has 0 radical (unpaired) electrons. The Morgan fingerprint density at radius 3 is 1.61 bits per heavy atom. The number of nitrogens with zero attached hydrogens (tertiary/aromatic N) is 2. The zero-order chi connectivity index (χ0) is 38.1. The molecule has 0 bridgehead atoms. The van der Waals surface area contributed by atoms with E-state index in [4.69, 9.17) is 0 Å². The fourth-order valence-electron chi connectivity index (χ4n) is 9.44. The molecule has 0 aliphatic heterocycles. The van der Waals surface area contributed by atoms with Gasteiger partial charge in [0.2, 0.25) is 0 Å². The zero-order valence-corrected chi connectivity index (χ0v) is 32.0. The molecule has 0 saturated carbocycles. The summed E-state index contributed by atoms with van der Waals surface area (Å²) < 4.78 is 2.45. The number of para-hydroxylation sites is 2. The molecular weight excluding hydrogens is 689 g/mol. The number of hydrogen-bond acceptors (Lipinski definition) is 1. The molecule has 1 heterocycles. The average molecular weight is 729 g/mol. The molecule has 0 amide bonds. The van der Waals surface area contributed by atoms with E-state index in [0.29, 0.717) is 0 Å². The minimum absolute atomic E-state index is 0.0548. The minimum Gasteiger partial charge on any atom is -0.310 e. The van der Waals surface area contributed by atoms with Crippen LogP contribution in [-0.4, -0.2) is 4.57 Å². The van der Waals surface area contributed by atoms with Crippen LogP contribution in [0.5, 0.6) is 0 Å². The highest BCUT2D eigenvalue weighted by Crippen LogP contribution is 2.51. The van der Waals surface area contributed by atoms with Crippen molar-refractivity contribution in [3.05, 3.63) is 217 Å². The van der Waals surface area contributed by atoms with Crippen molar-refractivity contribution in [1.82, 2.24) is 4.57 Å². The van der Waals surface area contributed by atoms with Gasteiger partial charge in [-0.2, -0.15) is 0 Å². The van der Waals surface area contributed by atoms with Crippen molar-refractivity contribution in [3.8, 4) is 39.1 Å². The van der Waals surface area contributed by atoms with Crippen molar-refractivity contribution < 1.29 is 0 Å². The van der Waals surface area contributed by atoms with E-state index in [1.165, 1.54) is 82.8 Å². The Morgan fingerprint density at radius 2 is 0.912 bits per heavy atom. The van der Waals surface area contributed by atoms with Crippen LogP contribution in [0.4, 0.5) is 17.1 Å². The molecule has 57 heavy (non-hydrogen) atoms. The molecule has 0 spiro atoms. The predicted molar refractivity (Wildman–Crippen MR) is 241 cm³/mol. The molecule has 0 fully saturated rings. The molecule has 2 heteroatoms. The maximum absolute atomic E-state index is 2.45. The number of anilines is 3. The van der Waals surface area contributed by atoms with Crippen molar-refractivity contribution in [2.75, 3.05) is 4.90 Å². The summed E-state index contributed by atoms with van der Waals surface area (Å²) in [6.07, 6.45) is 0. The lowest BCUT2D eigenvalue weighted by atomic mass is 9.82. The summed E-state index contributed by atoms with van der Waals surface area (Å²) in [6, 6.07) is 75.6. The second-order valence-electron chi connectivity index (χ2n) is 15.7. The number of aromatic nitrogens is 1. The molecule has 1 aliphatic rings. The highest BCUT2D eigenvalue weighted by Gasteiger charge is 2.35. The number of fused-ring (bicyclic) bond motifs is 7. The fourth-order valence-corrected chi connectivity index (χ4v) is 9.44. The van der Waals surface area contributed by atoms with Gasteiger partial charge in [-0.3, -0.25) is 0 Å². The van der Waals surface area contributed by atoms with Crippen LogP contribution >= 0.6 is 0 Å². The summed E-state index contributed by atoms with van der Waals surface area (Å²) in [7, 11) is 0. The van der Waals surface area contributed by atoms with E-state index in [-0.39, 0.29) is 5.41 Å². The smallest absolute Gasteiger partial charge is 0.0547 e. The molecule has 0 atom stereocenters. The van der Waals surface area contributed by atoms with E-state index in [9.17, 15) is 0 Å². The normalized spacial score (nSPS) is 12.9. The lowest BCUT2D eigenvalue weighted by Crippen LogP contribution is -2.15. The quantitative estimate of drug-likeness (QED) is 0.165. The number of hydrogen-bond donors (Lipinski definition) is 0. The van der Waals surface area contributed by atoms with Crippen molar-refractivity contribution in [2.45, 2.75) is 19.3 Å². The minimum atomic E-state index is -0.0548. The van der Waals surface area contributed by atoms with Gasteiger partial charge in [0.15, 0.2) is 0 Å². The van der Waals surface area contributed by atoms with Gasteiger partial charge in [0.05, 0.1) is 16.7 Å². The van der Waals surface area contributed by atoms with Crippen LogP contribution in [0.15, 0.2) is 206 Å². The molecule has 10 aromatic rings. The maximum Gasteiger partial charge on any atom is 0.0547 e. The third kappa shape index (κ3) is 5.25. The van der Waals surface area contributed by atoms with Crippen LogP contribution in [0.1, 0.15) is 25.0 Å². The Bertz CT molecular complexity index is 3080. The maximum atomic E-state index is 2.45. The lowest BCUT2D eigenvalue weighted by molar-refractivity contribution is 0.660. The summed E-state index contributed by atoms with van der Waals surface area (Å²) in [5, 5.41) is 4.98. The second-order valence-corrected chi connectivity index (χ2v) is 15.7. The second kappa shape index (κ2) is 13.0. The molecule has 0 N–H and O–H groups in total. The average Bonchev–Trinajstić information content (AvgIpc) is 3.72. The van der Waals surface area contributed by atoms with Gasteiger partial charge < -0.3 is 9.47 Å². The Hall–Kier alpha value is -7.16. The molecule has 270 valence electrons. The first kappa shape index (κ1) is 33.2. The monoisotopic (exact) mass is 728 g/mol. The van der Waals surface area contributed by atoms with Gasteiger partial charge in [0, 0.05) is 38.8 Å². The molecule has 0 unspecified atom stereocenters. The molecule has 1 aliphatic carbocycles. The SMILES string of the molecule is CC1(C)c2ccccc2-c2cc(N(c3ccc(-c4ccccc4)cc3)c3ccc(-c4c(-n5c6ccccc6c6ccccc65)ccc5ccccc45)cc3)ccc21. The van der Waals surface area contributed by atoms with E-state index in [1.54, 1.807) is 0 Å². The van der Waals surface area contributed by atoms with Crippen LogP contribution in [0.2, 0.25) is 0 Å². The van der Waals surface area contributed by atoms with Gasteiger partial charge >= 0.3 is 0 Å². The van der Waals surface area contributed by atoms with Crippen molar-refractivity contribution in [2.24, 2.45) is 0 Å². The Kier molecular flexibility index (Phi) is 7.55. The van der Waals surface area contributed by atoms with Crippen molar-refractivity contribution >= 4 is 49.6 Å². The van der Waals surface area contributed by atoms with Gasteiger partial charge in [-0.05, 0) is 104 Å². The summed E-state index contributed by atoms with van der Waals surface area (Å²) in [6.45, 7) is 4.69. The largest absolute Gasteiger partial charge is 0.310 e. The molecule has 0 saturated heterocycles. The van der Waals surface area contributed by atoms with E-state index in [0.717, 1.165) is 17.1 Å². The van der Waals surface area contributed by atoms with Crippen LogP contribution < -0.4 is 4.90 Å². The predicted octanol–water partition coefficient (Wildman–Crippen LogP) is 15.0. The third-order valence-electron chi connectivity index (χ3n) is 12.2. The van der Waals surface area contributed by atoms with Gasteiger partial charge in [-0.1, -0.05) is 166 Å². The van der Waals surface area contributed by atoms with Gasteiger partial charge in [-0.15, -0.1) is 0 Å². The molecule has 9 aromatic carbocycles. The first-order valence-corrected chi connectivity index (χ1v) is 19.9. The Morgan fingerprint density at radius 1 is 0.386 bits per heavy atom.